The van der Waals surface area contributed by atoms with Crippen LogP contribution in [-0.2, 0) is 16.6 Å². The molecule has 0 aliphatic rings. The first-order chi connectivity index (χ1) is 9.77. The van der Waals surface area contributed by atoms with E-state index in [0.717, 1.165) is 18.6 Å². The van der Waals surface area contributed by atoms with Gasteiger partial charge in [0.2, 0.25) is 10.0 Å². The van der Waals surface area contributed by atoms with Crippen molar-refractivity contribution in [3.8, 4) is 0 Å². The molecule has 1 aromatic carbocycles. The smallest absolute Gasteiger partial charge is 0.251 e. The summed E-state index contributed by atoms with van der Waals surface area (Å²) in [5, 5.41) is 2.90. The summed E-state index contributed by atoms with van der Waals surface area (Å²) in [5.41, 5.74) is 0.208. The summed E-state index contributed by atoms with van der Waals surface area (Å²) in [6.45, 7) is 1.50. The summed E-state index contributed by atoms with van der Waals surface area (Å²) >= 11 is 0. The molecule has 0 fully saturated rings. The number of benzene rings is 1. The number of halogens is 4. The van der Waals surface area contributed by atoms with Crippen molar-refractivity contribution in [3.63, 3.8) is 0 Å². The van der Waals surface area contributed by atoms with Crippen molar-refractivity contribution in [3.05, 3.63) is 29.3 Å². The van der Waals surface area contributed by atoms with E-state index < -0.39 is 39.5 Å². The normalized spacial score (nSPS) is 12.1. The topological polar surface area (TPSA) is 58.2 Å². The summed E-state index contributed by atoms with van der Waals surface area (Å²) in [7, 11) is -4.53. The fourth-order valence-electron chi connectivity index (χ4n) is 1.57. The average molecular weight is 328 g/mol. The highest BCUT2D eigenvalue weighted by Gasteiger charge is 2.23. The standard InChI is InChI=1S/C12H16F4N2O2S/c1-2-3-17-6-8-4-9(13)12(16)10(5-8)21(19,20)18-7-11(14)15/h4-5,11,17-18H,2-3,6-7H2,1H3. The minimum absolute atomic E-state index is 0.141. The third-order valence-corrected chi connectivity index (χ3v) is 3.95. The van der Waals surface area contributed by atoms with Crippen LogP contribution in [0, 0.1) is 11.6 Å². The molecule has 0 heterocycles. The maximum Gasteiger partial charge on any atom is 0.251 e. The molecule has 120 valence electrons. The van der Waals surface area contributed by atoms with E-state index in [9.17, 15) is 26.0 Å². The van der Waals surface area contributed by atoms with Gasteiger partial charge in [-0.25, -0.2) is 30.7 Å². The molecule has 0 unspecified atom stereocenters. The highest BCUT2D eigenvalue weighted by Crippen LogP contribution is 2.20. The fourth-order valence-corrected chi connectivity index (χ4v) is 2.72. The molecule has 0 amide bonds. The van der Waals surface area contributed by atoms with Crippen LogP contribution in [0.5, 0.6) is 0 Å². The van der Waals surface area contributed by atoms with Crippen LogP contribution < -0.4 is 10.0 Å². The van der Waals surface area contributed by atoms with Crippen LogP contribution in [0.2, 0.25) is 0 Å². The van der Waals surface area contributed by atoms with Gasteiger partial charge in [0.15, 0.2) is 11.6 Å². The van der Waals surface area contributed by atoms with E-state index in [0.29, 0.717) is 6.54 Å². The van der Waals surface area contributed by atoms with Gasteiger partial charge in [0.25, 0.3) is 6.43 Å². The zero-order valence-corrected chi connectivity index (χ0v) is 12.1. The average Bonchev–Trinajstić information content (AvgIpc) is 2.40. The molecule has 0 aliphatic heterocycles. The molecule has 9 heteroatoms. The van der Waals surface area contributed by atoms with Gasteiger partial charge in [0.1, 0.15) is 4.90 Å². The number of alkyl halides is 2. The van der Waals surface area contributed by atoms with Gasteiger partial charge < -0.3 is 5.32 Å². The molecule has 2 N–H and O–H groups in total. The van der Waals surface area contributed by atoms with Gasteiger partial charge >= 0.3 is 0 Å². The zero-order chi connectivity index (χ0) is 16.0. The van der Waals surface area contributed by atoms with Crippen molar-refractivity contribution in [1.82, 2.24) is 10.0 Å². The van der Waals surface area contributed by atoms with Gasteiger partial charge in [-0.15, -0.1) is 0 Å². The SMILES string of the molecule is CCCNCc1cc(F)c(F)c(S(=O)(=O)NCC(F)F)c1. The molecular weight excluding hydrogens is 312 g/mol. The Hall–Kier alpha value is -1.19. The monoisotopic (exact) mass is 328 g/mol. The molecule has 0 spiro atoms. The lowest BCUT2D eigenvalue weighted by atomic mass is 10.2. The highest BCUT2D eigenvalue weighted by atomic mass is 32.2. The summed E-state index contributed by atoms with van der Waals surface area (Å²) in [6, 6.07) is 1.79. The van der Waals surface area contributed by atoms with E-state index in [2.05, 4.69) is 5.32 Å². The Bertz CT molecular complexity index is 579. The molecule has 0 saturated heterocycles. The Labute approximate surface area is 120 Å². The quantitative estimate of drug-likeness (QED) is 0.567. The first-order valence-corrected chi connectivity index (χ1v) is 7.72. The predicted molar refractivity (Wildman–Crippen MR) is 69.5 cm³/mol. The molecular formula is C12H16F4N2O2S. The van der Waals surface area contributed by atoms with Crippen molar-refractivity contribution >= 4 is 10.0 Å². The summed E-state index contributed by atoms with van der Waals surface area (Å²) in [4.78, 5) is -0.976. The zero-order valence-electron chi connectivity index (χ0n) is 11.3. The maximum atomic E-state index is 13.6. The van der Waals surface area contributed by atoms with E-state index >= 15 is 0 Å². The molecule has 21 heavy (non-hydrogen) atoms. The largest absolute Gasteiger partial charge is 0.313 e. The van der Waals surface area contributed by atoms with Crippen LogP contribution in [0.3, 0.4) is 0 Å². The Morgan fingerprint density at radius 1 is 1.24 bits per heavy atom. The lowest BCUT2D eigenvalue weighted by Crippen LogP contribution is -2.29. The lowest BCUT2D eigenvalue weighted by Gasteiger charge is -2.10. The summed E-state index contributed by atoms with van der Waals surface area (Å²) in [5.74, 6) is -2.93. The lowest BCUT2D eigenvalue weighted by molar-refractivity contribution is 0.153. The minimum atomic E-state index is -4.53. The molecule has 0 aliphatic carbocycles. The Morgan fingerprint density at radius 3 is 2.48 bits per heavy atom. The van der Waals surface area contributed by atoms with Gasteiger partial charge in [-0.3, -0.25) is 0 Å². The van der Waals surface area contributed by atoms with Gasteiger partial charge in [0.05, 0.1) is 6.54 Å². The molecule has 1 rings (SSSR count). The fraction of sp³-hybridized carbons (Fsp3) is 0.500. The van der Waals surface area contributed by atoms with Gasteiger partial charge in [-0.1, -0.05) is 6.92 Å². The van der Waals surface area contributed by atoms with E-state index in [1.54, 1.807) is 0 Å². The van der Waals surface area contributed by atoms with E-state index in [-0.39, 0.29) is 12.1 Å². The van der Waals surface area contributed by atoms with Crippen molar-refractivity contribution in [2.75, 3.05) is 13.1 Å². The van der Waals surface area contributed by atoms with Crippen LogP contribution in [-0.4, -0.2) is 27.9 Å². The molecule has 1 aromatic rings. The Kier molecular flexibility index (Phi) is 6.56. The van der Waals surface area contributed by atoms with Crippen LogP contribution in [0.25, 0.3) is 0 Å². The number of hydrogen-bond donors (Lipinski definition) is 2. The molecule has 4 nitrogen and oxygen atoms in total. The van der Waals surface area contributed by atoms with Crippen molar-refractivity contribution < 1.29 is 26.0 Å². The maximum absolute atomic E-state index is 13.6. The highest BCUT2D eigenvalue weighted by molar-refractivity contribution is 7.89. The van der Waals surface area contributed by atoms with Crippen molar-refractivity contribution in [2.45, 2.75) is 31.2 Å². The van der Waals surface area contributed by atoms with E-state index in [1.807, 2.05) is 6.92 Å². The molecule has 0 aromatic heterocycles. The first kappa shape index (κ1) is 17.9. The van der Waals surface area contributed by atoms with E-state index in [4.69, 9.17) is 0 Å². The van der Waals surface area contributed by atoms with Gasteiger partial charge in [-0.05, 0) is 30.7 Å². The van der Waals surface area contributed by atoms with Crippen molar-refractivity contribution in [2.24, 2.45) is 0 Å². The minimum Gasteiger partial charge on any atom is -0.313 e. The summed E-state index contributed by atoms with van der Waals surface area (Å²) < 4.78 is 76.1. The van der Waals surface area contributed by atoms with Crippen molar-refractivity contribution in [1.29, 1.82) is 0 Å². The number of sulfonamides is 1. The molecule has 0 saturated carbocycles. The Morgan fingerprint density at radius 2 is 1.90 bits per heavy atom. The second-order valence-electron chi connectivity index (χ2n) is 4.31. The first-order valence-electron chi connectivity index (χ1n) is 6.24. The van der Waals surface area contributed by atoms with Crippen LogP contribution >= 0.6 is 0 Å². The van der Waals surface area contributed by atoms with E-state index in [1.165, 1.54) is 4.72 Å². The van der Waals surface area contributed by atoms with Crippen LogP contribution in [0.1, 0.15) is 18.9 Å². The number of rotatable bonds is 8. The van der Waals surface area contributed by atoms with Gasteiger partial charge in [0, 0.05) is 6.54 Å². The third-order valence-electron chi connectivity index (χ3n) is 2.53. The van der Waals surface area contributed by atoms with Gasteiger partial charge in [-0.2, -0.15) is 0 Å². The molecule has 0 atom stereocenters. The third kappa shape index (κ3) is 5.25. The second kappa shape index (κ2) is 7.71. The Balaban J connectivity index is 3.04. The number of hydrogen-bond acceptors (Lipinski definition) is 3. The second-order valence-corrected chi connectivity index (χ2v) is 6.04. The van der Waals surface area contributed by atoms with Crippen LogP contribution in [0.15, 0.2) is 17.0 Å². The molecule has 0 bridgehead atoms. The predicted octanol–water partition coefficient (Wildman–Crippen LogP) is 2.01. The number of nitrogens with one attached hydrogen (secondary N) is 2. The summed E-state index contributed by atoms with van der Waals surface area (Å²) in [6.07, 6.45) is -2.12. The van der Waals surface area contributed by atoms with Crippen LogP contribution in [0.4, 0.5) is 17.6 Å². The molecule has 0 radical (unpaired) electrons.